The summed E-state index contributed by atoms with van der Waals surface area (Å²) in [6.07, 6.45) is 1.78. The van der Waals surface area contributed by atoms with Crippen molar-refractivity contribution in [1.29, 1.82) is 0 Å². The number of fused-ring (bicyclic) bond motifs is 1. The molecule has 3 heteroatoms. The smallest absolute Gasteiger partial charge is 0.159 e. The Morgan fingerprint density at radius 3 is 2.16 bits per heavy atom. The van der Waals surface area contributed by atoms with Gasteiger partial charge >= 0.3 is 0 Å². The number of alkyl halides is 1. The summed E-state index contributed by atoms with van der Waals surface area (Å²) in [6, 6.07) is 12.1. The average molecular weight is 279 g/mol. The molecule has 0 aliphatic heterocycles. The molecule has 0 N–H and O–H groups in total. The van der Waals surface area contributed by atoms with Crippen LogP contribution in [0.1, 0.15) is 22.1 Å². The highest BCUT2D eigenvalue weighted by molar-refractivity contribution is 6.21. The van der Waals surface area contributed by atoms with Crippen LogP contribution >= 0.6 is 11.6 Å². The predicted molar refractivity (Wildman–Crippen MR) is 72.3 cm³/mol. The van der Waals surface area contributed by atoms with Crippen molar-refractivity contribution in [3.63, 3.8) is 0 Å². The number of halogens is 3. The zero-order valence-electron chi connectivity index (χ0n) is 10.2. The molecule has 0 bridgehead atoms. The van der Waals surface area contributed by atoms with Crippen molar-refractivity contribution < 1.29 is 8.78 Å². The summed E-state index contributed by atoms with van der Waals surface area (Å²) in [4.78, 5) is 0. The highest BCUT2D eigenvalue weighted by Crippen LogP contribution is 2.39. The minimum Gasteiger partial charge on any atom is -0.204 e. The van der Waals surface area contributed by atoms with Gasteiger partial charge in [0, 0.05) is 0 Å². The first-order chi connectivity index (χ1) is 9.15. The van der Waals surface area contributed by atoms with Crippen LogP contribution in [0.4, 0.5) is 8.78 Å². The first kappa shape index (κ1) is 12.6. The molecule has 0 saturated carbocycles. The van der Waals surface area contributed by atoms with Gasteiger partial charge in [0.2, 0.25) is 0 Å². The predicted octanol–water partition coefficient (Wildman–Crippen LogP) is 4.66. The lowest BCUT2D eigenvalue weighted by molar-refractivity contribution is 0.499. The molecule has 1 unspecified atom stereocenters. The van der Waals surface area contributed by atoms with E-state index in [1.165, 1.54) is 17.2 Å². The fraction of sp³-hybridized carbons (Fsp3) is 0.250. The molecule has 2 aromatic carbocycles. The Bertz CT molecular complexity index is 584. The maximum atomic E-state index is 13.3. The zero-order valence-corrected chi connectivity index (χ0v) is 11.0. The lowest BCUT2D eigenvalue weighted by atomic mass is 9.96. The van der Waals surface area contributed by atoms with E-state index in [-0.39, 0.29) is 11.3 Å². The van der Waals surface area contributed by atoms with Crippen LogP contribution in [0, 0.1) is 17.6 Å². The van der Waals surface area contributed by atoms with E-state index in [1.807, 2.05) is 12.1 Å². The molecule has 0 spiro atoms. The lowest BCUT2D eigenvalue weighted by Gasteiger charge is -2.17. The third-order valence-corrected chi connectivity index (χ3v) is 4.37. The zero-order chi connectivity index (χ0) is 13.4. The van der Waals surface area contributed by atoms with Crippen LogP contribution < -0.4 is 0 Å². The van der Waals surface area contributed by atoms with Gasteiger partial charge in [-0.25, -0.2) is 8.78 Å². The Morgan fingerprint density at radius 2 is 1.58 bits per heavy atom. The largest absolute Gasteiger partial charge is 0.204 e. The van der Waals surface area contributed by atoms with Crippen LogP contribution in [0.25, 0.3) is 0 Å². The summed E-state index contributed by atoms with van der Waals surface area (Å²) in [5.74, 6) is -1.43. The van der Waals surface area contributed by atoms with E-state index in [1.54, 1.807) is 6.07 Å². The van der Waals surface area contributed by atoms with Gasteiger partial charge in [0.15, 0.2) is 11.6 Å². The molecular formula is C16H13ClF2. The maximum Gasteiger partial charge on any atom is 0.159 e. The highest BCUT2D eigenvalue weighted by Gasteiger charge is 2.28. The second kappa shape index (κ2) is 4.93. The Hall–Kier alpha value is -1.41. The van der Waals surface area contributed by atoms with Gasteiger partial charge in [-0.05, 0) is 47.6 Å². The Kier molecular flexibility index (Phi) is 3.28. The minimum absolute atomic E-state index is 0.240. The summed E-state index contributed by atoms with van der Waals surface area (Å²) in [6.45, 7) is 0. The quantitative estimate of drug-likeness (QED) is 0.701. The molecule has 3 rings (SSSR count). The molecule has 0 amide bonds. The molecule has 19 heavy (non-hydrogen) atoms. The fourth-order valence-electron chi connectivity index (χ4n) is 2.76. The van der Waals surface area contributed by atoms with Gasteiger partial charge in [0.05, 0.1) is 5.38 Å². The lowest BCUT2D eigenvalue weighted by Crippen LogP contribution is -2.08. The Labute approximate surface area is 116 Å². The van der Waals surface area contributed by atoms with Crippen molar-refractivity contribution in [2.45, 2.75) is 18.2 Å². The second-order valence-corrected chi connectivity index (χ2v) is 5.48. The van der Waals surface area contributed by atoms with Crippen LogP contribution in [0.15, 0.2) is 42.5 Å². The maximum absolute atomic E-state index is 13.3. The molecule has 1 aliphatic rings. The van der Waals surface area contributed by atoms with Gasteiger partial charge in [-0.3, -0.25) is 0 Å². The van der Waals surface area contributed by atoms with Crippen molar-refractivity contribution in [2.75, 3.05) is 0 Å². The summed E-state index contributed by atoms with van der Waals surface area (Å²) in [7, 11) is 0. The van der Waals surface area contributed by atoms with Gasteiger partial charge in [0.25, 0.3) is 0 Å². The molecule has 1 aliphatic carbocycles. The molecule has 0 radical (unpaired) electrons. The van der Waals surface area contributed by atoms with Crippen LogP contribution in [-0.2, 0) is 12.8 Å². The van der Waals surface area contributed by atoms with Crippen LogP contribution in [0.3, 0.4) is 0 Å². The van der Waals surface area contributed by atoms with E-state index in [4.69, 9.17) is 11.6 Å². The Morgan fingerprint density at radius 1 is 0.947 bits per heavy atom. The van der Waals surface area contributed by atoms with Crippen molar-refractivity contribution in [2.24, 2.45) is 5.92 Å². The molecule has 0 aromatic heterocycles. The fourth-order valence-corrected chi connectivity index (χ4v) is 3.07. The van der Waals surface area contributed by atoms with E-state index in [0.29, 0.717) is 5.56 Å². The van der Waals surface area contributed by atoms with Gasteiger partial charge in [0.1, 0.15) is 0 Å². The number of benzene rings is 2. The van der Waals surface area contributed by atoms with Crippen molar-refractivity contribution in [3.05, 3.63) is 70.8 Å². The molecule has 98 valence electrons. The van der Waals surface area contributed by atoms with Gasteiger partial charge in [-0.2, -0.15) is 0 Å². The van der Waals surface area contributed by atoms with E-state index in [9.17, 15) is 8.78 Å². The van der Waals surface area contributed by atoms with E-state index in [2.05, 4.69) is 12.1 Å². The topological polar surface area (TPSA) is 0 Å². The number of rotatable bonds is 2. The first-order valence-electron chi connectivity index (χ1n) is 6.31. The summed E-state index contributed by atoms with van der Waals surface area (Å²) in [5.41, 5.74) is 3.26. The van der Waals surface area contributed by atoms with Crippen molar-refractivity contribution in [1.82, 2.24) is 0 Å². The van der Waals surface area contributed by atoms with Crippen molar-refractivity contribution in [3.8, 4) is 0 Å². The standard InChI is InChI=1S/C16H13ClF2/c17-16(12-5-6-14(18)15(19)9-12)13-7-10-3-1-2-4-11(10)8-13/h1-6,9,13,16H,7-8H2. The molecule has 0 saturated heterocycles. The second-order valence-electron chi connectivity index (χ2n) is 5.01. The molecule has 0 nitrogen and oxygen atoms in total. The van der Waals surface area contributed by atoms with Gasteiger partial charge < -0.3 is 0 Å². The molecule has 0 fully saturated rings. The van der Waals surface area contributed by atoms with Gasteiger partial charge in [-0.15, -0.1) is 11.6 Å². The summed E-state index contributed by atoms with van der Waals surface area (Å²) >= 11 is 6.44. The molecule has 1 atom stereocenters. The van der Waals surface area contributed by atoms with Crippen LogP contribution in [-0.4, -0.2) is 0 Å². The first-order valence-corrected chi connectivity index (χ1v) is 6.74. The SMILES string of the molecule is Fc1ccc(C(Cl)C2Cc3ccccc3C2)cc1F. The van der Waals surface area contributed by atoms with E-state index < -0.39 is 11.6 Å². The number of hydrogen-bond donors (Lipinski definition) is 0. The monoisotopic (exact) mass is 278 g/mol. The van der Waals surface area contributed by atoms with Gasteiger partial charge in [-0.1, -0.05) is 30.3 Å². The van der Waals surface area contributed by atoms with Crippen LogP contribution in [0.5, 0.6) is 0 Å². The highest BCUT2D eigenvalue weighted by atomic mass is 35.5. The molecule has 2 aromatic rings. The third-order valence-electron chi connectivity index (χ3n) is 3.76. The minimum atomic E-state index is -0.835. The average Bonchev–Trinajstić information content (AvgIpc) is 2.85. The van der Waals surface area contributed by atoms with E-state index >= 15 is 0 Å². The normalized spacial score (nSPS) is 16.4. The summed E-state index contributed by atoms with van der Waals surface area (Å²) in [5, 5.41) is -0.289. The molecular weight excluding hydrogens is 266 g/mol. The summed E-state index contributed by atoms with van der Waals surface area (Å²) < 4.78 is 26.2. The van der Waals surface area contributed by atoms with Crippen molar-refractivity contribution >= 4 is 11.6 Å². The van der Waals surface area contributed by atoms with Crippen LogP contribution in [0.2, 0.25) is 0 Å². The van der Waals surface area contributed by atoms with E-state index in [0.717, 1.165) is 18.9 Å². The number of hydrogen-bond acceptors (Lipinski definition) is 0. The third kappa shape index (κ3) is 2.37. The molecule has 0 heterocycles. The Balaban J connectivity index is 1.82.